The highest BCUT2D eigenvalue weighted by atomic mass is 79.9. The minimum atomic E-state index is -3.03. The van der Waals surface area contributed by atoms with Gasteiger partial charge in [-0.05, 0) is 18.8 Å². The van der Waals surface area contributed by atoms with Gasteiger partial charge in [-0.25, -0.2) is 12.7 Å². The Bertz CT molecular complexity index is 286. The van der Waals surface area contributed by atoms with Gasteiger partial charge in [0.05, 0.1) is 5.75 Å². The molecule has 1 saturated carbocycles. The largest absolute Gasteiger partial charge is 0.214 e. The lowest BCUT2D eigenvalue weighted by molar-refractivity contribution is 0.372. The maximum absolute atomic E-state index is 12.1. The molecule has 0 spiro atoms. The van der Waals surface area contributed by atoms with Crippen molar-refractivity contribution in [2.75, 3.05) is 24.2 Å². The predicted octanol–water partition coefficient (Wildman–Crippen LogP) is 2.61. The summed E-state index contributed by atoms with van der Waals surface area (Å²) in [6, 6.07) is 0. The smallest absolute Gasteiger partial charge is 0.212 e. The Morgan fingerprint density at radius 1 is 1.25 bits per heavy atom. The van der Waals surface area contributed by atoms with E-state index >= 15 is 0 Å². The maximum Gasteiger partial charge on any atom is 0.214 e. The van der Waals surface area contributed by atoms with Gasteiger partial charge in [0.2, 0.25) is 10.0 Å². The van der Waals surface area contributed by atoms with E-state index < -0.39 is 10.0 Å². The van der Waals surface area contributed by atoms with Crippen molar-refractivity contribution in [3.63, 3.8) is 0 Å². The molecule has 0 aliphatic heterocycles. The molecule has 3 nitrogen and oxygen atoms in total. The van der Waals surface area contributed by atoms with Crippen molar-refractivity contribution < 1.29 is 8.42 Å². The zero-order chi connectivity index (χ0) is 12.0. The van der Waals surface area contributed by atoms with Gasteiger partial charge in [0.25, 0.3) is 0 Å². The first kappa shape index (κ1) is 14.5. The lowest BCUT2D eigenvalue weighted by atomic mass is 9.91. The quantitative estimate of drug-likeness (QED) is 0.707. The molecule has 0 atom stereocenters. The molecule has 1 fully saturated rings. The molecule has 0 bridgehead atoms. The molecule has 5 heteroatoms. The van der Waals surface area contributed by atoms with Gasteiger partial charge in [0.1, 0.15) is 0 Å². The third-order valence-corrected chi connectivity index (χ3v) is 5.73. The fraction of sp³-hybridized carbons (Fsp3) is 1.00. The number of nitrogens with zero attached hydrogens (tertiary/aromatic N) is 1. The Morgan fingerprint density at radius 2 is 1.88 bits per heavy atom. The van der Waals surface area contributed by atoms with Crippen molar-refractivity contribution in [1.82, 2.24) is 4.31 Å². The molecule has 96 valence electrons. The Morgan fingerprint density at radius 3 is 2.38 bits per heavy atom. The Labute approximate surface area is 108 Å². The lowest BCUT2D eigenvalue weighted by Gasteiger charge is -2.25. The number of rotatable bonds is 6. The second-order valence-corrected chi connectivity index (χ2v) is 7.27. The highest BCUT2D eigenvalue weighted by molar-refractivity contribution is 9.09. The number of sulfonamides is 1. The molecule has 0 unspecified atom stereocenters. The summed E-state index contributed by atoms with van der Waals surface area (Å²) in [5.74, 6) is 0.747. The van der Waals surface area contributed by atoms with Crippen LogP contribution in [0, 0.1) is 5.92 Å². The molecule has 16 heavy (non-hydrogen) atoms. The molecule has 0 N–H and O–H groups in total. The van der Waals surface area contributed by atoms with Crippen molar-refractivity contribution in [3.8, 4) is 0 Å². The zero-order valence-corrected chi connectivity index (χ0v) is 12.4. The van der Waals surface area contributed by atoms with E-state index in [0.717, 1.165) is 12.8 Å². The average molecular weight is 312 g/mol. The standard InChI is InChI=1S/C11H22BrNO2S/c1-2-13(9-8-12)16(14,15)10-11-6-4-3-5-7-11/h11H,2-10H2,1H3. The van der Waals surface area contributed by atoms with E-state index in [0.29, 0.717) is 30.1 Å². The molecular weight excluding hydrogens is 290 g/mol. The fourth-order valence-corrected chi connectivity index (χ4v) is 4.91. The summed E-state index contributed by atoms with van der Waals surface area (Å²) in [5, 5.41) is 0.713. The van der Waals surface area contributed by atoms with Crippen LogP contribution in [0.4, 0.5) is 0 Å². The third-order valence-electron chi connectivity index (χ3n) is 3.25. The number of halogens is 1. The van der Waals surface area contributed by atoms with Gasteiger partial charge in [0.15, 0.2) is 0 Å². The molecule has 1 aliphatic carbocycles. The highest BCUT2D eigenvalue weighted by Gasteiger charge is 2.25. The van der Waals surface area contributed by atoms with E-state index in [9.17, 15) is 8.42 Å². The Hall–Kier alpha value is 0.390. The van der Waals surface area contributed by atoms with Crippen LogP contribution in [0.5, 0.6) is 0 Å². The normalized spacial score (nSPS) is 19.2. The first-order valence-corrected chi connectivity index (χ1v) is 8.87. The van der Waals surface area contributed by atoms with Crippen LogP contribution < -0.4 is 0 Å². The van der Waals surface area contributed by atoms with Gasteiger partial charge in [-0.15, -0.1) is 0 Å². The van der Waals surface area contributed by atoms with Crippen LogP contribution in [0.15, 0.2) is 0 Å². The minimum Gasteiger partial charge on any atom is -0.212 e. The van der Waals surface area contributed by atoms with E-state index in [-0.39, 0.29) is 0 Å². The molecule has 0 saturated heterocycles. The van der Waals surface area contributed by atoms with Gasteiger partial charge in [0, 0.05) is 18.4 Å². The van der Waals surface area contributed by atoms with E-state index in [2.05, 4.69) is 15.9 Å². The van der Waals surface area contributed by atoms with Gasteiger partial charge in [-0.3, -0.25) is 0 Å². The van der Waals surface area contributed by atoms with Crippen LogP contribution in [0.3, 0.4) is 0 Å². The SMILES string of the molecule is CCN(CCBr)S(=O)(=O)CC1CCCCC1. The van der Waals surface area contributed by atoms with E-state index in [4.69, 9.17) is 0 Å². The molecule has 1 aliphatic rings. The van der Waals surface area contributed by atoms with Gasteiger partial charge in [-0.1, -0.05) is 42.1 Å². The highest BCUT2D eigenvalue weighted by Crippen LogP contribution is 2.25. The molecule has 0 aromatic carbocycles. The van der Waals surface area contributed by atoms with Crippen LogP contribution in [-0.4, -0.2) is 36.9 Å². The van der Waals surface area contributed by atoms with Crippen molar-refractivity contribution in [3.05, 3.63) is 0 Å². The maximum atomic E-state index is 12.1. The third kappa shape index (κ3) is 4.34. The number of hydrogen-bond acceptors (Lipinski definition) is 2. The van der Waals surface area contributed by atoms with Crippen LogP contribution in [-0.2, 0) is 10.0 Å². The minimum absolute atomic E-state index is 0.355. The monoisotopic (exact) mass is 311 g/mol. The van der Waals surface area contributed by atoms with Crippen molar-refractivity contribution in [2.24, 2.45) is 5.92 Å². The molecule has 1 rings (SSSR count). The summed E-state index contributed by atoms with van der Waals surface area (Å²) in [6.07, 6.45) is 5.85. The Balaban J connectivity index is 2.54. The number of alkyl halides is 1. The molecular formula is C11H22BrNO2S. The average Bonchev–Trinajstić information content (AvgIpc) is 2.26. The molecule has 0 amide bonds. The van der Waals surface area contributed by atoms with Crippen molar-refractivity contribution in [2.45, 2.75) is 39.0 Å². The molecule has 0 aromatic rings. The molecule has 0 heterocycles. The summed E-state index contributed by atoms with van der Waals surface area (Å²) in [6.45, 7) is 3.08. The van der Waals surface area contributed by atoms with Crippen LogP contribution in [0.1, 0.15) is 39.0 Å². The summed E-state index contributed by atoms with van der Waals surface area (Å²) in [7, 11) is -3.03. The summed E-state index contributed by atoms with van der Waals surface area (Å²) in [4.78, 5) is 0. The van der Waals surface area contributed by atoms with Gasteiger partial charge < -0.3 is 0 Å². The first-order valence-electron chi connectivity index (χ1n) is 6.14. The zero-order valence-electron chi connectivity index (χ0n) is 9.99. The summed E-state index contributed by atoms with van der Waals surface area (Å²) < 4.78 is 25.8. The molecule has 0 aromatic heterocycles. The van der Waals surface area contributed by atoms with E-state index in [1.54, 1.807) is 4.31 Å². The first-order chi connectivity index (χ1) is 7.60. The van der Waals surface area contributed by atoms with Gasteiger partial charge in [-0.2, -0.15) is 0 Å². The second kappa shape index (κ2) is 6.97. The summed E-state index contributed by atoms with van der Waals surface area (Å²) >= 11 is 3.30. The van der Waals surface area contributed by atoms with Crippen molar-refractivity contribution in [1.29, 1.82) is 0 Å². The topological polar surface area (TPSA) is 37.4 Å². The second-order valence-electron chi connectivity index (χ2n) is 4.46. The van der Waals surface area contributed by atoms with Crippen LogP contribution in [0.25, 0.3) is 0 Å². The van der Waals surface area contributed by atoms with Crippen LogP contribution >= 0.6 is 15.9 Å². The van der Waals surface area contributed by atoms with Gasteiger partial charge >= 0.3 is 0 Å². The van der Waals surface area contributed by atoms with Crippen molar-refractivity contribution >= 4 is 26.0 Å². The number of hydrogen-bond donors (Lipinski definition) is 0. The predicted molar refractivity (Wildman–Crippen MR) is 71.4 cm³/mol. The molecule has 0 radical (unpaired) electrons. The van der Waals surface area contributed by atoms with E-state index in [1.807, 2.05) is 6.92 Å². The lowest BCUT2D eigenvalue weighted by Crippen LogP contribution is -2.36. The fourth-order valence-electron chi connectivity index (χ4n) is 2.35. The Kier molecular flexibility index (Phi) is 6.29. The summed E-state index contributed by atoms with van der Waals surface area (Å²) in [5.41, 5.74) is 0. The van der Waals surface area contributed by atoms with Crippen LogP contribution in [0.2, 0.25) is 0 Å². The van der Waals surface area contributed by atoms with E-state index in [1.165, 1.54) is 19.3 Å².